The Bertz CT molecular complexity index is 959. The molecule has 0 aliphatic heterocycles. The number of carbonyl (C=O) groups is 3. The number of ether oxygens (including phenoxy) is 1. The molecule has 0 unspecified atom stereocenters. The lowest BCUT2D eigenvalue weighted by molar-refractivity contribution is -0.111. The molecule has 6 nitrogen and oxygen atoms in total. The van der Waals surface area contributed by atoms with Crippen LogP contribution in [0.5, 0.6) is 0 Å². The maximum Gasteiger partial charge on any atom is 0.407 e. The number of anilines is 1. The molecule has 2 aromatic carbocycles. The van der Waals surface area contributed by atoms with Crippen LogP contribution in [0.2, 0.25) is 5.02 Å². The molecule has 0 heterocycles. The average molecular weight is 449 g/mol. The molecule has 0 spiro atoms. The number of benzene rings is 2. The number of halogens is 2. The first-order chi connectivity index (χ1) is 14.5. The minimum atomic E-state index is -0.696. The summed E-state index contributed by atoms with van der Waals surface area (Å²) in [5, 5.41) is 6.08. The van der Waals surface area contributed by atoms with Crippen LogP contribution in [0, 0.1) is 11.7 Å². The number of hydrogen-bond donors (Lipinski definition) is 2. The van der Waals surface area contributed by atoms with E-state index < -0.39 is 35.3 Å². The summed E-state index contributed by atoms with van der Waals surface area (Å²) >= 11 is 6.09. The molecule has 0 saturated heterocycles. The van der Waals surface area contributed by atoms with Crippen LogP contribution in [0.15, 0.2) is 42.5 Å². The van der Waals surface area contributed by atoms with E-state index in [9.17, 15) is 18.8 Å². The summed E-state index contributed by atoms with van der Waals surface area (Å²) in [6.45, 7) is 6.96. The molecule has 2 atom stereocenters. The Morgan fingerprint density at radius 3 is 2.45 bits per heavy atom. The first-order valence-electron chi connectivity index (χ1n) is 9.79. The number of alkyl carbamates (subject to hydrolysis) is 1. The Labute approximate surface area is 186 Å². The van der Waals surface area contributed by atoms with Crippen LogP contribution in [0.3, 0.4) is 0 Å². The van der Waals surface area contributed by atoms with Crippen molar-refractivity contribution in [3.63, 3.8) is 0 Å². The lowest BCUT2D eigenvalue weighted by Crippen LogP contribution is -2.46. The maximum absolute atomic E-state index is 14.1. The van der Waals surface area contributed by atoms with Gasteiger partial charge in [0.15, 0.2) is 5.78 Å². The first-order valence-corrected chi connectivity index (χ1v) is 10.2. The fourth-order valence-electron chi connectivity index (χ4n) is 2.79. The number of rotatable bonds is 8. The SMILES string of the molecule is C[C@H](C=O)[C@@H](CNc1cc(Cl)ccc1C(=O)c1ccccc1F)NC(=O)OC(C)(C)C. The van der Waals surface area contributed by atoms with Crippen LogP contribution in [0.1, 0.15) is 43.6 Å². The van der Waals surface area contributed by atoms with Crippen molar-refractivity contribution in [2.75, 3.05) is 11.9 Å². The molecule has 166 valence electrons. The molecule has 0 aliphatic rings. The van der Waals surface area contributed by atoms with Gasteiger partial charge in [0.25, 0.3) is 0 Å². The zero-order valence-corrected chi connectivity index (χ0v) is 18.6. The normalized spacial score (nSPS) is 13.1. The van der Waals surface area contributed by atoms with Gasteiger partial charge < -0.3 is 20.2 Å². The van der Waals surface area contributed by atoms with Crippen molar-refractivity contribution in [1.82, 2.24) is 5.32 Å². The van der Waals surface area contributed by atoms with Gasteiger partial charge in [-0.05, 0) is 51.1 Å². The zero-order valence-electron chi connectivity index (χ0n) is 17.9. The quantitative estimate of drug-likeness (QED) is 0.445. The largest absolute Gasteiger partial charge is 0.444 e. The van der Waals surface area contributed by atoms with Crippen molar-refractivity contribution in [2.45, 2.75) is 39.3 Å². The highest BCUT2D eigenvalue weighted by Crippen LogP contribution is 2.25. The highest BCUT2D eigenvalue weighted by atomic mass is 35.5. The maximum atomic E-state index is 14.1. The van der Waals surface area contributed by atoms with E-state index in [1.807, 2.05) is 0 Å². The number of amides is 1. The van der Waals surface area contributed by atoms with Crippen molar-refractivity contribution < 1.29 is 23.5 Å². The molecule has 0 saturated carbocycles. The van der Waals surface area contributed by atoms with Gasteiger partial charge in [0.05, 0.1) is 11.6 Å². The van der Waals surface area contributed by atoms with E-state index in [4.69, 9.17) is 16.3 Å². The summed E-state index contributed by atoms with van der Waals surface area (Å²) in [6, 6.07) is 9.63. The van der Waals surface area contributed by atoms with Crippen molar-refractivity contribution in [3.05, 3.63) is 64.4 Å². The molecule has 0 fully saturated rings. The minimum Gasteiger partial charge on any atom is -0.444 e. The molecule has 8 heteroatoms. The molecule has 31 heavy (non-hydrogen) atoms. The smallest absolute Gasteiger partial charge is 0.407 e. The Kier molecular flexibility index (Phi) is 8.16. The Balaban J connectivity index is 2.24. The number of aldehydes is 1. The predicted molar refractivity (Wildman–Crippen MR) is 118 cm³/mol. The van der Waals surface area contributed by atoms with Gasteiger partial charge >= 0.3 is 6.09 Å². The molecule has 0 bridgehead atoms. The van der Waals surface area contributed by atoms with Gasteiger partial charge in [0.1, 0.15) is 17.7 Å². The Morgan fingerprint density at radius 2 is 1.84 bits per heavy atom. The van der Waals surface area contributed by atoms with Crippen molar-refractivity contribution in [2.24, 2.45) is 5.92 Å². The predicted octanol–water partition coefficient (Wildman–Crippen LogP) is 4.85. The molecule has 0 aliphatic carbocycles. The third-order valence-electron chi connectivity index (χ3n) is 4.41. The molecule has 1 amide bonds. The van der Waals surface area contributed by atoms with Crippen LogP contribution in [0.4, 0.5) is 14.9 Å². The molecule has 2 N–H and O–H groups in total. The third-order valence-corrected chi connectivity index (χ3v) is 4.64. The highest BCUT2D eigenvalue weighted by Gasteiger charge is 2.24. The van der Waals surface area contributed by atoms with E-state index in [1.54, 1.807) is 33.8 Å². The van der Waals surface area contributed by atoms with Crippen molar-refractivity contribution in [3.8, 4) is 0 Å². The number of carbonyl (C=O) groups excluding carboxylic acids is 3. The monoisotopic (exact) mass is 448 g/mol. The molecular formula is C23H26ClFN2O4. The van der Waals surface area contributed by atoms with E-state index in [0.717, 1.165) is 0 Å². The highest BCUT2D eigenvalue weighted by molar-refractivity contribution is 6.31. The third kappa shape index (κ3) is 7.07. The van der Waals surface area contributed by atoms with Gasteiger partial charge in [-0.25, -0.2) is 9.18 Å². The average Bonchev–Trinajstić information content (AvgIpc) is 2.69. The fraction of sp³-hybridized carbons (Fsp3) is 0.348. The molecule has 2 rings (SSSR count). The second-order valence-corrected chi connectivity index (χ2v) is 8.56. The van der Waals surface area contributed by atoms with E-state index >= 15 is 0 Å². The van der Waals surface area contributed by atoms with Crippen LogP contribution in [-0.2, 0) is 9.53 Å². The van der Waals surface area contributed by atoms with Gasteiger partial charge in [-0.3, -0.25) is 4.79 Å². The van der Waals surface area contributed by atoms with E-state index in [0.29, 0.717) is 17.0 Å². The number of hydrogen-bond acceptors (Lipinski definition) is 5. The zero-order chi connectivity index (χ0) is 23.2. The van der Waals surface area contributed by atoms with Crippen molar-refractivity contribution in [1.29, 1.82) is 0 Å². The lowest BCUT2D eigenvalue weighted by Gasteiger charge is -2.26. The van der Waals surface area contributed by atoms with Gasteiger partial charge in [-0.2, -0.15) is 0 Å². The minimum absolute atomic E-state index is 0.0717. The van der Waals surface area contributed by atoms with E-state index in [2.05, 4.69) is 10.6 Å². The summed E-state index contributed by atoms with van der Waals surface area (Å²) in [5.74, 6) is -1.69. The summed E-state index contributed by atoms with van der Waals surface area (Å²) in [5.41, 5.74) is -0.199. The topological polar surface area (TPSA) is 84.5 Å². The summed E-state index contributed by atoms with van der Waals surface area (Å²) < 4.78 is 19.4. The standard InChI is InChI=1S/C23H26ClFN2O4/c1-14(13-28)20(27-22(30)31-23(2,3)4)12-26-19-11-15(24)9-10-17(19)21(29)16-7-5-6-8-18(16)25/h5-11,13-14,20,26H,12H2,1-4H3,(H,27,30)/t14-,20-/m1/s1. The van der Waals surface area contributed by atoms with Crippen LogP contribution in [0.25, 0.3) is 0 Å². The van der Waals surface area contributed by atoms with Gasteiger partial charge in [-0.1, -0.05) is 30.7 Å². The van der Waals surface area contributed by atoms with Gasteiger partial charge in [0, 0.05) is 28.7 Å². The number of nitrogens with one attached hydrogen (secondary N) is 2. The van der Waals surface area contributed by atoms with Crippen LogP contribution in [-0.4, -0.2) is 36.4 Å². The first kappa shape index (κ1) is 24.3. The molecular weight excluding hydrogens is 423 g/mol. The summed E-state index contributed by atoms with van der Waals surface area (Å²) in [4.78, 5) is 36.4. The van der Waals surface area contributed by atoms with Crippen LogP contribution < -0.4 is 10.6 Å². The molecule has 0 radical (unpaired) electrons. The fourth-order valence-corrected chi connectivity index (χ4v) is 2.97. The van der Waals surface area contributed by atoms with Crippen LogP contribution >= 0.6 is 11.6 Å². The summed E-state index contributed by atoms with van der Waals surface area (Å²) in [6.07, 6.45) is 0.0503. The van der Waals surface area contributed by atoms with Gasteiger partial charge in [-0.15, -0.1) is 0 Å². The molecule has 2 aromatic rings. The summed E-state index contributed by atoms with van der Waals surface area (Å²) in [7, 11) is 0. The lowest BCUT2D eigenvalue weighted by atomic mass is 10.00. The van der Waals surface area contributed by atoms with E-state index in [1.165, 1.54) is 36.4 Å². The van der Waals surface area contributed by atoms with Crippen molar-refractivity contribution >= 4 is 35.5 Å². The Hall–Kier alpha value is -2.93. The number of ketones is 1. The second kappa shape index (κ2) is 10.4. The van der Waals surface area contributed by atoms with Gasteiger partial charge in [0.2, 0.25) is 0 Å². The Morgan fingerprint density at radius 1 is 1.16 bits per heavy atom. The molecule has 0 aromatic heterocycles. The van der Waals surface area contributed by atoms with E-state index in [-0.39, 0.29) is 17.7 Å². The second-order valence-electron chi connectivity index (χ2n) is 8.13.